The monoisotopic (exact) mass is 445 g/mol. The smallest absolute Gasteiger partial charge is 0.337 e. The molecule has 0 unspecified atom stereocenters. The zero-order valence-electron chi connectivity index (χ0n) is 18.8. The van der Waals surface area contributed by atoms with Gasteiger partial charge in [-0.1, -0.05) is 25.0 Å². The van der Waals surface area contributed by atoms with Gasteiger partial charge in [-0.2, -0.15) is 5.26 Å². The number of fused-ring (bicyclic) bond motifs is 1. The molecule has 1 atom stereocenters. The number of nitriles is 1. The summed E-state index contributed by atoms with van der Waals surface area (Å²) in [5.41, 5.74) is 2.40. The minimum Gasteiger partial charge on any atom is -0.478 e. The number of hydrogen-bond acceptors (Lipinski definition) is 6. The number of nitrogens with one attached hydrogen (secondary N) is 1. The van der Waals surface area contributed by atoms with Gasteiger partial charge in [0, 0.05) is 30.5 Å². The summed E-state index contributed by atoms with van der Waals surface area (Å²) < 4.78 is 1.44. The maximum Gasteiger partial charge on any atom is 0.337 e. The summed E-state index contributed by atoms with van der Waals surface area (Å²) in [6.07, 6.45) is 5.94. The van der Waals surface area contributed by atoms with E-state index < -0.39 is 5.97 Å². The Kier molecular flexibility index (Phi) is 6.31. The number of nitrogens with zero attached hydrogens (tertiary/aromatic N) is 4. The first kappa shape index (κ1) is 22.3. The Balaban J connectivity index is 1.86. The molecule has 3 aromatic rings. The minimum atomic E-state index is -1.02. The summed E-state index contributed by atoms with van der Waals surface area (Å²) >= 11 is 0. The van der Waals surface area contributed by atoms with Crippen LogP contribution in [0.5, 0.6) is 0 Å². The number of aromatic nitrogens is 2. The molecule has 33 heavy (non-hydrogen) atoms. The SMILES string of the molecule is Cc1cc([C@@H](C)Nc2ccccc2C(=O)O)c2nc(N3CCCCCC3)c(C#N)c(=O)n2c1. The molecule has 1 aliphatic heterocycles. The van der Waals surface area contributed by atoms with Gasteiger partial charge in [-0.05, 0) is 50.5 Å². The van der Waals surface area contributed by atoms with Crippen molar-refractivity contribution in [2.45, 2.75) is 45.6 Å². The molecule has 8 heteroatoms. The molecule has 1 saturated heterocycles. The molecular weight excluding hydrogens is 418 g/mol. The van der Waals surface area contributed by atoms with Gasteiger partial charge in [-0.25, -0.2) is 9.78 Å². The first-order valence-electron chi connectivity index (χ1n) is 11.2. The summed E-state index contributed by atoms with van der Waals surface area (Å²) in [5.74, 6) is -0.580. The van der Waals surface area contributed by atoms with Crippen LogP contribution >= 0.6 is 0 Å². The van der Waals surface area contributed by atoms with Crippen LogP contribution in [-0.2, 0) is 0 Å². The minimum absolute atomic E-state index is 0.0581. The van der Waals surface area contributed by atoms with Gasteiger partial charge in [-0.15, -0.1) is 0 Å². The zero-order valence-corrected chi connectivity index (χ0v) is 18.8. The second kappa shape index (κ2) is 9.33. The number of pyridine rings is 1. The third-order valence-electron chi connectivity index (χ3n) is 6.08. The van der Waals surface area contributed by atoms with Gasteiger partial charge >= 0.3 is 5.97 Å². The van der Waals surface area contributed by atoms with E-state index in [0.29, 0.717) is 17.2 Å². The topological polar surface area (TPSA) is 111 Å². The Morgan fingerprint density at radius 2 is 1.91 bits per heavy atom. The van der Waals surface area contributed by atoms with Crippen molar-refractivity contribution in [2.75, 3.05) is 23.3 Å². The van der Waals surface area contributed by atoms with E-state index in [1.54, 1.807) is 30.5 Å². The summed E-state index contributed by atoms with van der Waals surface area (Å²) in [4.78, 5) is 31.8. The molecule has 1 aliphatic rings. The molecule has 3 heterocycles. The Hall–Kier alpha value is -3.86. The largest absolute Gasteiger partial charge is 0.478 e. The number of anilines is 2. The van der Waals surface area contributed by atoms with Gasteiger partial charge in [0.05, 0.1) is 11.6 Å². The third-order valence-corrected chi connectivity index (χ3v) is 6.08. The van der Waals surface area contributed by atoms with Crippen LogP contribution in [0.2, 0.25) is 0 Å². The lowest BCUT2D eigenvalue weighted by Crippen LogP contribution is -2.31. The highest BCUT2D eigenvalue weighted by molar-refractivity contribution is 5.94. The number of aromatic carboxylic acids is 1. The summed E-state index contributed by atoms with van der Waals surface area (Å²) in [6, 6.07) is 10.4. The van der Waals surface area contributed by atoms with Crippen LogP contribution in [0.25, 0.3) is 5.65 Å². The predicted octanol–water partition coefficient (Wildman–Crippen LogP) is 4.13. The van der Waals surface area contributed by atoms with E-state index >= 15 is 0 Å². The van der Waals surface area contributed by atoms with E-state index in [0.717, 1.165) is 49.9 Å². The molecule has 0 aliphatic carbocycles. The molecule has 0 radical (unpaired) electrons. The molecule has 0 bridgehead atoms. The number of carboxylic acid groups (broad SMARTS) is 1. The number of rotatable bonds is 5. The maximum atomic E-state index is 13.3. The van der Waals surface area contributed by atoms with E-state index in [1.807, 2.05) is 19.9 Å². The highest BCUT2D eigenvalue weighted by atomic mass is 16.4. The van der Waals surface area contributed by atoms with Crippen LogP contribution in [0.4, 0.5) is 11.5 Å². The fraction of sp³-hybridized carbons (Fsp3) is 0.360. The van der Waals surface area contributed by atoms with Gasteiger partial charge in [-0.3, -0.25) is 9.20 Å². The van der Waals surface area contributed by atoms with Crippen molar-refractivity contribution in [1.82, 2.24) is 9.38 Å². The highest BCUT2D eigenvalue weighted by Crippen LogP contribution is 2.27. The number of hydrogen-bond donors (Lipinski definition) is 2. The lowest BCUT2D eigenvalue weighted by atomic mass is 10.1. The third kappa shape index (κ3) is 4.40. The molecule has 170 valence electrons. The van der Waals surface area contributed by atoms with E-state index in [1.165, 1.54) is 4.40 Å². The average Bonchev–Trinajstić information content (AvgIpc) is 3.08. The lowest BCUT2D eigenvalue weighted by Gasteiger charge is -2.24. The molecule has 1 aromatic carbocycles. The standard InChI is InChI=1S/C25H27N5O3/c1-16-13-19(17(2)27-21-10-6-5-9-18(21)25(32)33)23-28-22(29-11-7-3-4-8-12-29)20(14-26)24(31)30(23)15-16/h5-6,9-10,13,15,17,27H,3-4,7-8,11-12H2,1-2H3,(H,32,33)/t17-/m1/s1. The molecule has 4 rings (SSSR count). The van der Waals surface area contributed by atoms with Gasteiger partial charge in [0.2, 0.25) is 0 Å². The van der Waals surface area contributed by atoms with Crippen LogP contribution in [-0.4, -0.2) is 33.6 Å². The van der Waals surface area contributed by atoms with E-state index in [9.17, 15) is 20.0 Å². The molecule has 2 N–H and O–H groups in total. The molecule has 0 amide bonds. The van der Waals surface area contributed by atoms with Crippen molar-refractivity contribution in [3.8, 4) is 6.07 Å². The van der Waals surface area contributed by atoms with Crippen molar-refractivity contribution in [2.24, 2.45) is 0 Å². The fourth-order valence-electron chi connectivity index (χ4n) is 4.43. The number of carbonyl (C=O) groups is 1. The Morgan fingerprint density at radius 1 is 1.21 bits per heavy atom. The average molecular weight is 446 g/mol. The first-order valence-corrected chi connectivity index (χ1v) is 11.2. The van der Waals surface area contributed by atoms with Gasteiger partial charge in [0.25, 0.3) is 5.56 Å². The normalized spacial score (nSPS) is 15.0. The van der Waals surface area contributed by atoms with Gasteiger partial charge in [0.15, 0.2) is 11.4 Å². The van der Waals surface area contributed by atoms with Crippen LogP contribution < -0.4 is 15.8 Å². The highest BCUT2D eigenvalue weighted by Gasteiger charge is 2.23. The van der Waals surface area contributed by atoms with Crippen LogP contribution in [0.3, 0.4) is 0 Å². The van der Waals surface area contributed by atoms with Gasteiger partial charge in [0.1, 0.15) is 11.7 Å². The Labute approximate surface area is 192 Å². The Morgan fingerprint density at radius 3 is 2.58 bits per heavy atom. The van der Waals surface area contributed by atoms with Crippen molar-refractivity contribution in [1.29, 1.82) is 5.26 Å². The van der Waals surface area contributed by atoms with Crippen molar-refractivity contribution < 1.29 is 9.90 Å². The molecule has 2 aromatic heterocycles. The predicted molar refractivity (Wildman–Crippen MR) is 127 cm³/mol. The first-order chi connectivity index (χ1) is 15.9. The maximum absolute atomic E-state index is 13.3. The second-order valence-electron chi connectivity index (χ2n) is 8.51. The van der Waals surface area contributed by atoms with E-state index in [-0.39, 0.29) is 22.7 Å². The quantitative estimate of drug-likeness (QED) is 0.607. The lowest BCUT2D eigenvalue weighted by molar-refractivity contribution is 0.0698. The van der Waals surface area contributed by atoms with Crippen LogP contribution in [0.15, 0.2) is 41.3 Å². The number of carboxylic acids is 1. The van der Waals surface area contributed by atoms with E-state index in [2.05, 4.69) is 16.3 Å². The molecule has 0 saturated carbocycles. The van der Waals surface area contributed by atoms with Crippen LogP contribution in [0.1, 0.15) is 65.7 Å². The summed E-state index contributed by atoms with van der Waals surface area (Å²) in [6.45, 7) is 5.31. The number of aryl methyl sites for hydroxylation is 1. The van der Waals surface area contributed by atoms with Crippen molar-refractivity contribution >= 4 is 23.1 Å². The molecule has 8 nitrogen and oxygen atoms in total. The fourth-order valence-corrected chi connectivity index (χ4v) is 4.43. The number of benzene rings is 1. The zero-order chi connectivity index (χ0) is 23.5. The van der Waals surface area contributed by atoms with Crippen molar-refractivity contribution in [3.63, 3.8) is 0 Å². The second-order valence-corrected chi connectivity index (χ2v) is 8.51. The molecule has 1 fully saturated rings. The van der Waals surface area contributed by atoms with E-state index in [4.69, 9.17) is 4.98 Å². The Bertz CT molecular complexity index is 1300. The van der Waals surface area contributed by atoms with Gasteiger partial charge < -0.3 is 15.3 Å². The van der Waals surface area contributed by atoms with Crippen LogP contribution in [0, 0.1) is 18.3 Å². The molecular formula is C25H27N5O3. The summed E-state index contributed by atoms with van der Waals surface area (Å²) in [7, 11) is 0. The number of para-hydroxylation sites is 1. The molecule has 0 spiro atoms. The summed E-state index contributed by atoms with van der Waals surface area (Å²) in [5, 5.41) is 22.6. The van der Waals surface area contributed by atoms with Crippen molar-refractivity contribution in [3.05, 3.63) is 69.1 Å².